The fourth-order valence-corrected chi connectivity index (χ4v) is 1.03. The molecule has 0 rings (SSSR count). The third-order valence-corrected chi connectivity index (χ3v) is 1.97. The first-order chi connectivity index (χ1) is 6.79. The van der Waals surface area contributed by atoms with E-state index in [1.54, 1.807) is 20.8 Å². The molecule has 0 aromatic heterocycles. The lowest BCUT2D eigenvalue weighted by Gasteiger charge is -2.21. The van der Waals surface area contributed by atoms with Crippen LogP contribution in [0.1, 0.15) is 27.2 Å². The van der Waals surface area contributed by atoms with E-state index in [1.165, 1.54) is 7.11 Å². The normalized spacial score (nSPS) is 13.1. The minimum absolute atomic E-state index is 0.151. The van der Waals surface area contributed by atoms with Crippen molar-refractivity contribution in [2.45, 2.75) is 33.2 Å². The number of rotatable bonds is 5. The molecule has 1 amide bonds. The van der Waals surface area contributed by atoms with Crippen LogP contribution in [0.25, 0.3) is 0 Å². The van der Waals surface area contributed by atoms with E-state index in [0.29, 0.717) is 0 Å². The van der Waals surface area contributed by atoms with Gasteiger partial charge >= 0.3 is 5.97 Å². The van der Waals surface area contributed by atoms with E-state index >= 15 is 0 Å². The van der Waals surface area contributed by atoms with Crippen LogP contribution in [-0.4, -0.2) is 31.6 Å². The number of amides is 1. The third-order valence-electron chi connectivity index (χ3n) is 1.97. The molecule has 0 saturated carbocycles. The highest BCUT2D eigenvalue weighted by molar-refractivity contribution is 5.79. The molecule has 0 radical (unpaired) electrons. The molecule has 0 saturated heterocycles. The number of ether oxygens (including phenoxy) is 1. The summed E-state index contributed by atoms with van der Waals surface area (Å²) < 4.78 is 4.61. The molecule has 0 bridgehead atoms. The van der Waals surface area contributed by atoms with Crippen LogP contribution in [0, 0.1) is 5.41 Å². The van der Waals surface area contributed by atoms with Crippen molar-refractivity contribution in [2.24, 2.45) is 11.1 Å². The van der Waals surface area contributed by atoms with E-state index in [9.17, 15) is 9.59 Å². The fraction of sp³-hybridized carbons (Fsp3) is 0.800. The van der Waals surface area contributed by atoms with E-state index in [2.05, 4.69) is 10.1 Å². The van der Waals surface area contributed by atoms with Gasteiger partial charge in [-0.3, -0.25) is 9.59 Å². The summed E-state index contributed by atoms with van der Waals surface area (Å²) in [5.41, 5.74) is 4.76. The topological polar surface area (TPSA) is 81.4 Å². The lowest BCUT2D eigenvalue weighted by molar-refractivity contribution is -0.150. The summed E-state index contributed by atoms with van der Waals surface area (Å²) in [6.07, 6.45) is 0.261. The van der Waals surface area contributed by atoms with Crippen molar-refractivity contribution >= 4 is 11.9 Å². The summed E-state index contributed by atoms with van der Waals surface area (Å²) in [6, 6.07) is -0.175. The lowest BCUT2D eigenvalue weighted by atomic mass is 9.93. The van der Waals surface area contributed by atoms with Gasteiger partial charge in [0.15, 0.2) is 0 Å². The number of methoxy groups -OCH3 is 1. The van der Waals surface area contributed by atoms with Crippen molar-refractivity contribution in [1.82, 2.24) is 5.32 Å². The summed E-state index contributed by atoms with van der Waals surface area (Å²) in [5, 5.41) is 2.65. The molecular formula is C10H20N2O3. The van der Waals surface area contributed by atoms with Gasteiger partial charge in [0.25, 0.3) is 0 Å². The summed E-state index contributed by atoms with van der Waals surface area (Å²) in [5.74, 6) is -0.495. The van der Waals surface area contributed by atoms with Crippen LogP contribution in [0.2, 0.25) is 0 Å². The highest BCUT2D eigenvalue weighted by Crippen LogP contribution is 2.15. The van der Waals surface area contributed by atoms with Crippen LogP contribution in [0.3, 0.4) is 0 Å². The predicted molar refractivity (Wildman–Crippen MR) is 57.1 cm³/mol. The molecule has 0 aromatic rings. The molecule has 0 aliphatic rings. The van der Waals surface area contributed by atoms with E-state index < -0.39 is 5.41 Å². The highest BCUT2D eigenvalue weighted by Gasteiger charge is 2.29. The van der Waals surface area contributed by atoms with Crippen LogP contribution in [0.15, 0.2) is 0 Å². The Morgan fingerprint density at radius 3 is 2.40 bits per heavy atom. The Hall–Kier alpha value is -1.10. The zero-order chi connectivity index (χ0) is 12.1. The summed E-state index contributed by atoms with van der Waals surface area (Å²) >= 11 is 0. The first-order valence-electron chi connectivity index (χ1n) is 4.90. The van der Waals surface area contributed by atoms with Crippen molar-refractivity contribution < 1.29 is 14.3 Å². The highest BCUT2D eigenvalue weighted by atomic mass is 16.5. The van der Waals surface area contributed by atoms with Gasteiger partial charge in [-0.2, -0.15) is 0 Å². The fourth-order valence-electron chi connectivity index (χ4n) is 1.03. The van der Waals surface area contributed by atoms with Crippen molar-refractivity contribution in [3.63, 3.8) is 0 Å². The van der Waals surface area contributed by atoms with Crippen molar-refractivity contribution in [1.29, 1.82) is 0 Å². The first-order valence-corrected chi connectivity index (χ1v) is 4.90. The molecule has 0 aliphatic heterocycles. The molecule has 0 aliphatic carbocycles. The smallest absolute Gasteiger partial charge is 0.313 e. The molecule has 5 nitrogen and oxygen atoms in total. The Bertz CT molecular complexity index is 237. The summed E-state index contributed by atoms with van der Waals surface area (Å²) in [7, 11) is 1.33. The zero-order valence-electron chi connectivity index (χ0n) is 9.79. The monoisotopic (exact) mass is 216 g/mol. The molecule has 1 atom stereocenters. The van der Waals surface area contributed by atoms with Crippen molar-refractivity contribution in [3.05, 3.63) is 0 Å². The second-order valence-electron chi connectivity index (χ2n) is 4.33. The molecule has 0 aromatic carbocycles. The van der Waals surface area contributed by atoms with E-state index in [-0.39, 0.29) is 30.9 Å². The molecule has 15 heavy (non-hydrogen) atoms. The van der Waals surface area contributed by atoms with Crippen molar-refractivity contribution in [2.75, 3.05) is 13.7 Å². The maximum atomic E-state index is 11.3. The number of carbonyl (C=O) groups excluding carboxylic acids is 2. The van der Waals surface area contributed by atoms with Gasteiger partial charge in [-0.05, 0) is 20.8 Å². The quantitative estimate of drug-likeness (QED) is 0.636. The second kappa shape index (κ2) is 5.70. The lowest BCUT2D eigenvalue weighted by Crippen LogP contribution is -2.40. The number of nitrogens with one attached hydrogen (secondary N) is 1. The van der Waals surface area contributed by atoms with Gasteiger partial charge in [0.2, 0.25) is 5.91 Å². The van der Waals surface area contributed by atoms with Gasteiger partial charge in [0, 0.05) is 19.0 Å². The number of hydrogen-bond acceptors (Lipinski definition) is 4. The van der Waals surface area contributed by atoms with Gasteiger partial charge in [-0.15, -0.1) is 0 Å². The van der Waals surface area contributed by atoms with Gasteiger partial charge in [0.1, 0.15) is 0 Å². The number of nitrogens with two attached hydrogens (primary N) is 1. The van der Waals surface area contributed by atoms with E-state index in [1.807, 2.05) is 0 Å². The largest absolute Gasteiger partial charge is 0.469 e. The number of esters is 1. The van der Waals surface area contributed by atoms with Crippen LogP contribution in [-0.2, 0) is 14.3 Å². The van der Waals surface area contributed by atoms with Gasteiger partial charge < -0.3 is 15.8 Å². The van der Waals surface area contributed by atoms with Crippen LogP contribution < -0.4 is 11.1 Å². The Kier molecular flexibility index (Phi) is 5.28. The Morgan fingerprint density at radius 2 is 2.00 bits per heavy atom. The van der Waals surface area contributed by atoms with Crippen LogP contribution in [0.4, 0.5) is 0 Å². The zero-order valence-corrected chi connectivity index (χ0v) is 9.79. The Labute approximate surface area is 90.4 Å². The average Bonchev–Trinajstić information content (AvgIpc) is 2.12. The first kappa shape index (κ1) is 13.9. The van der Waals surface area contributed by atoms with Gasteiger partial charge in [0.05, 0.1) is 12.5 Å². The maximum absolute atomic E-state index is 11.3. The molecule has 5 heteroatoms. The number of hydrogen-bond donors (Lipinski definition) is 2. The van der Waals surface area contributed by atoms with Crippen LogP contribution in [0.5, 0.6) is 0 Å². The van der Waals surface area contributed by atoms with E-state index in [0.717, 1.165) is 0 Å². The maximum Gasteiger partial charge on any atom is 0.313 e. The Morgan fingerprint density at radius 1 is 1.47 bits per heavy atom. The standard InChI is InChI=1S/C10H20N2O3/c1-7(11)5-8(13)12-6-10(2,3)9(14)15-4/h7H,5-6,11H2,1-4H3,(H,12,13)/t7-/m1/s1. The Balaban J connectivity index is 4.04. The molecule has 0 fully saturated rings. The summed E-state index contributed by atoms with van der Waals surface area (Å²) in [4.78, 5) is 22.5. The SMILES string of the molecule is COC(=O)C(C)(C)CNC(=O)C[C@@H](C)N. The van der Waals surface area contributed by atoms with Crippen molar-refractivity contribution in [3.8, 4) is 0 Å². The molecule has 0 heterocycles. The predicted octanol–water partition coefficient (Wildman–Crippen LogP) is 0.0391. The molecular weight excluding hydrogens is 196 g/mol. The number of carbonyl (C=O) groups is 2. The summed E-state index contributed by atoms with van der Waals surface area (Å²) in [6.45, 7) is 5.44. The van der Waals surface area contributed by atoms with E-state index in [4.69, 9.17) is 5.73 Å². The molecule has 0 spiro atoms. The average molecular weight is 216 g/mol. The molecule has 0 unspecified atom stereocenters. The minimum Gasteiger partial charge on any atom is -0.469 e. The van der Waals surface area contributed by atoms with Gasteiger partial charge in [-0.1, -0.05) is 0 Å². The third kappa shape index (κ3) is 5.37. The molecule has 88 valence electrons. The minimum atomic E-state index is -0.706. The van der Waals surface area contributed by atoms with Crippen LogP contribution >= 0.6 is 0 Å². The van der Waals surface area contributed by atoms with Gasteiger partial charge in [-0.25, -0.2) is 0 Å². The second-order valence-corrected chi connectivity index (χ2v) is 4.33. The molecule has 3 N–H and O–H groups in total.